The van der Waals surface area contributed by atoms with Gasteiger partial charge >= 0.3 is 5.97 Å². The van der Waals surface area contributed by atoms with Crippen LogP contribution < -0.4 is 5.32 Å². The van der Waals surface area contributed by atoms with Gasteiger partial charge in [-0.25, -0.2) is 0 Å². The molecule has 1 amide bonds. The van der Waals surface area contributed by atoms with Crippen LogP contribution in [0.1, 0.15) is 380 Å². The zero-order valence-electron chi connectivity index (χ0n) is 50.8. The van der Waals surface area contributed by atoms with Gasteiger partial charge in [-0.05, 0) is 70.6 Å². The molecule has 3 N–H and O–H groups in total. The SMILES string of the molecule is CCCC/C=C\CCCCCCCC(=O)OCCCCCCCCCCCCCC/C=C\CCCCCCCCCCC(=O)NC(CO)C(O)CCCCCCCCCCCCCCCCCCCCCCCCC. The number of nitrogens with one attached hydrogen (secondary N) is 1. The Kier molecular flexibility index (Phi) is 63.4. The molecule has 6 nitrogen and oxygen atoms in total. The highest BCUT2D eigenvalue weighted by Gasteiger charge is 2.20. The summed E-state index contributed by atoms with van der Waals surface area (Å²) in [5.41, 5.74) is 0. The Bertz CT molecular complexity index is 1170. The maximum Gasteiger partial charge on any atom is 0.305 e. The van der Waals surface area contributed by atoms with E-state index in [1.54, 1.807) is 0 Å². The highest BCUT2D eigenvalue weighted by molar-refractivity contribution is 5.76. The Balaban J connectivity index is 3.41. The van der Waals surface area contributed by atoms with Crippen molar-refractivity contribution in [3.8, 4) is 0 Å². The minimum absolute atomic E-state index is 0.00208. The van der Waals surface area contributed by atoms with E-state index in [9.17, 15) is 19.8 Å². The Hall–Kier alpha value is -1.66. The van der Waals surface area contributed by atoms with Crippen molar-refractivity contribution in [3.05, 3.63) is 24.3 Å². The fraction of sp³-hybridized carbons (Fsp3) is 0.913. The van der Waals surface area contributed by atoms with Gasteiger partial charge in [0.05, 0.1) is 25.4 Å². The van der Waals surface area contributed by atoms with Crippen LogP contribution in [0.5, 0.6) is 0 Å². The third kappa shape index (κ3) is 61.4. The van der Waals surface area contributed by atoms with Crippen LogP contribution in [0.2, 0.25) is 0 Å². The minimum atomic E-state index is -0.668. The van der Waals surface area contributed by atoms with Crippen molar-refractivity contribution < 1.29 is 24.5 Å². The second kappa shape index (κ2) is 64.9. The van der Waals surface area contributed by atoms with Crippen LogP contribution in [0.3, 0.4) is 0 Å². The summed E-state index contributed by atoms with van der Waals surface area (Å²) in [4.78, 5) is 24.5. The van der Waals surface area contributed by atoms with Gasteiger partial charge in [-0.1, -0.05) is 321 Å². The largest absolute Gasteiger partial charge is 0.466 e. The number of carbonyl (C=O) groups excluding carboxylic acids is 2. The van der Waals surface area contributed by atoms with E-state index in [4.69, 9.17) is 4.74 Å². The van der Waals surface area contributed by atoms with Crippen LogP contribution in [-0.2, 0) is 14.3 Å². The van der Waals surface area contributed by atoms with E-state index in [0.717, 1.165) is 44.9 Å². The molecule has 0 saturated carbocycles. The van der Waals surface area contributed by atoms with Crippen molar-refractivity contribution in [1.29, 1.82) is 0 Å². The smallest absolute Gasteiger partial charge is 0.305 e. The molecule has 6 heteroatoms. The summed E-state index contributed by atoms with van der Waals surface area (Å²) in [5.74, 6) is -0.0332. The molecule has 0 aliphatic heterocycles. The van der Waals surface area contributed by atoms with E-state index < -0.39 is 12.1 Å². The molecule has 0 aromatic carbocycles. The summed E-state index contributed by atoms with van der Waals surface area (Å²) in [7, 11) is 0. The summed E-state index contributed by atoms with van der Waals surface area (Å²) in [6, 6.07) is -0.546. The van der Waals surface area contributed by atoms with Crippen LogP contribution in [0, 0.1) is 0 Å². The summed E-state index contributed by atoms with van der Waals surface area (Å²) >= 11 is 0. The second-order valence-electron chi connectivity index (χ2n) is 23.5. The van der Waals surface area contributed by atoms with Gasteiger partial charge in [0.25, 0.3) is 0 Å². The molecule has 0 saturated heterocycles. The van der Waals surface area contributed by atoms with Crippen molar-refractivity contribution in [1.82, 2.24) is 5.32 Å². The molecule has 2 unspecified atom stereocenters. The van der Waals surface area contributed by atoms with Crippen molar-refractivity contribution in [2.45, 2.75) is 392 Å². The van der Waals surface area contributed by atoms with E-state index in [1.807, 2.05) is 0 Å². The number of hydrogen-bond donors (Lipinski definition) is 3. The normalized spacial score (nSPS) is 12.6. The summed E-state index contributed by atoms with van der Waals surface area (Å²) in [6.07, 6.45) is 80.7. The highest BCUT2D eigenvalue weighted by atomic mass is 16.5. The highest BCUT2D eigenvalue weighted by Crippen LogP contribution is 2.19. The number of amides is 1. The Labute approximate surface area is 469 Å². The lowest BCUT2D eigenvalue weighted by Crippen LogP contribution is -2.45. The quantitative estimate of drug-likeness (QED) is 0.0320. The number of ether oxygens (including phenoxy) is 1. The number of unbranched alkanes of at least 4 members (excludes halogenated alkanes) is 49. The second-order valence-corrected chi connectivity index (χ2v) is 23.5. The van der Waals surface area contributed by atoms with E-state index in [0.29, 0.717) is 25.9 Å². The molecule has 0 aromatic heterocycles. The lowest BCUT2D eigenvalue weighted by atomic mass is 10.0. The number of rotatable bonds is 64. The maximum atomic E-state index is 12.5. The first kappa shape index (κ1) is 73.3. The molecule has 0 fully saturated rings. The molecule has 75 heavy (non-hydrogen) atoms. The summed E-state index contributed by atoms with van der Waals surface area (Å²) in [6.45, 7) is 4.94. The monoisotopic (exact) mass is 1060 g/mol. The zero-order valence-corrected chi connectivity index (χ0v) is 50.8. The molecule has 0 rings (SSSR count). The number of esters is 1. The van der Waals surface area contributed by atoms with Gasteiger partial charge in [0.2, 0.25) is 5.91 Å². The number of allylic oxidation sites excluding steroid dienone is 4. The van der Waals surface area contributed by atoms with E-state index in [1.165, 1.54) is 302 Å². The molecular formula is C69H133NO5. The molecular weight excluding hydrogens is 923 g/mol. The molecule has 0 bridgehead atoms. The number of aliphatic hydroxyl groups is 2. The molecule has 2 atom stereocenters. The predicted octanol–water partition coefficient (Wildman–Crippen LogP) is 21.8. The first-order valence-corrected chi connectivity index (χ1v) is 34.1. The maximum absolute atomic E-state index is 12.5. The number of hydrogen-bond acceptors (Lipinski definition) is 5. The molecule has 0 radical (unpaired) electrons. The van der Waals surface area contributed by atoms with Crippen LogP contribution >= 0.6 is 0 Å². The van der Waals surface area contributed by atoms with Gasteiger partial charge in [0, 0.05) is 12.8 Å². The average molecular weight is 1060 g/mol. The van der Waals surface area contributed by atoms with Gasteiger partial charge in [-0.15, -0.1) is 0 Å². The molecule has 0 heterocycles. The summed E-state index contributed by atoms with van der Waals surface area (Å²) in [5, 5.41) is 23.4. The minimum Gasteiger partial charge on any atom is -0.466 e. The van der Waals surface area contributed by atoms with Gasteiger partial charge in [-0.2, -0.15) is 0 Å². The van der Waals surface area contributed by atoms with Crippen LogP contribution in [0.25, 0.3) is 0 Å². The third-order valence-electron chi connectivity index (χ3n) is 16.0. The van der Waals surface area contributed by atoms with Crippen LogP contribution in [0.15, 0.2) is 24.3 Å². The van der Waals surface area contributed by atoms with E-state index >= 15 is 0 Å². The lowest BCUT2D eigenvalue weighted by molar-refractivity contribution is -0.143. The zero-order chi connectivity index (χ0) is 54.3. The fourth-order valence-electron chi connectivity index (χ4n) is 10.7. The Morgan fingerprint density at radius 1 is 0.360 bits per heavy atom. The first-order valence-electron chi connectivity index (χ1n) is 34.1. The van der Waals surface area contributed by atoms with Gasteiger partial charge in [0.1, 0.15) is 0 Å². The first-order chi connectivity index (χ1) is 37.0. The standard InChI is InChI=1S/C69H133NO5/c1-3-5-7-9-11-13-15-16-17-18-19-20-23-26-29-32-35-38-42-45-49-53-57-61-67(72)66(65-71)70-68(73)62-58-54-50-46-43-39-36-33-30-27-24-21-22-25-28-31-34-37-40-44-48-52-56-60-64-75-69(74)63-59-55-51-47-41-14-12-10-8-6-4-2/h10,12,24,27,66-67,71-72H,3-9,11,13-23,25-26,28-65H2,1-2H3,(H,70,73)/b12-10-,27-24-. The molecule has 0 spiro atoms. The van der Waals surface area contributed by atoms with Crippen molar-refractivity contribution in [2.24, 2.45) is 0 Å². The molecule has 0 aromatic rings. The third-order valence-corrected chi connectivity index (χ3v) is 16.0. The van der Waals surface area contributed by atoms with E-state index in [-0.39, 0.29) is 18.5 Å². The van der Waals surface area contributed by atoms with Gasteiger partial charge < -0.3 is 20.3 Å². The lowest BCUT2D eigenvalue weighted by Gasteiger charge is -2.22. The topological polar surface area (TPSA) is 95.9 Å². The molecule has 0 aliphatic carbocycles. The van der Waals surface area contributed by atoms with Gasteiger partial charge in [-0.3, -0.25) is 9.59 Å². The summed E-state index contributed by atoms with van der Waals surface area (Å²) < 4.78 is 5.46. The molecule has 444 valence electrons. The van der Waals surface area contributed by atoms with Gasteiger partial charge in [0.15, 0.2) is 0 Å². The van der Waals surface area contributed by atoms with Crippen LogP contribution in [0.4, 0.5) is 0 Å². The fourth-order valence-corrected chi connectivity index (χ4v) is 10.7. The van der Waals surface area contributed by atoms with Crippen molar-refractivity contribution in [3.63, 3.8) is 0 Å². The Morgan fingerprint density at radius 2 is 0.640 bits per heavy atom. The predicted molar refractivity (Wildman–Crippen MR) is 329 cm³/mol. The van der Waals surface area contributed by atoms with Crippen LogP contribution in [-0.4, -0.2) is 47.4 Å². The number of aliphatic hydroxyl groups excluding tert-OH is 2. The number of carbonyl (C=O) groups is 2. The van der Waals surface area contributed by atoms with Crippen molar-refractivity contribution >= 4 is 11.9 Å². The van der Waals surface area contributed by atoms with E-state index in [2.05, 4.69) is 43.5 Å². The average Bonchev–Trinajstić information content (AvgIpc) is 3.41. The Morgan fingerprint density at radius 3 is 0.987 bits per heavy atom. The van der Waals surface area contributed by atoms with Crippen molar-refractivity contribution in [2.75, 3.05) is 13.2 Å². The molecule has 0 aliphatic rings.